The predicted molar refractivity (Wildman–Crippen MR) is 159 cm³/mol. The Morgan fingerprint density at radius 3 is 1.19 bits per heavy atom. The van der Waals surface area contributed by atoms with Crippen LogP contribution in [0.5, 0.6) is 0 Å². The van der Waals surface area contributed by atoms with Crippen molar-refractivity contribution in [2.24, 2.45) is 0 Å². The topological polar surface area (TPSA) is 0 Å². The van der Waals surface area contributed by atoms with Gasteiger partial charge in [-0.2, -0.15) is 0 Å². The summed E-state index contributed by atoms with van der Waals surface area (Å²) in [5, 5.41) is 4.10. The van der Waals surface area contributed by atoms with E-state index in [9.17, 15) is 0 Å². The van der Waals surface area contributed by atoms with Gasteiger partial charge in [0.25, 0.3) is 0 Å². The molecule has 0 amide bonds. The van der Waals surface area contributed by atoms with E-state index in [4.69, 9.17) is 0 Å². The Bertz CT molecular complexity index is 942. The van der Waals surface area contributed by atoms with Gasteiger partial charge in [0, 0.05) is 22.6 Å². The Labute approximate surface area is 200 Å². The zero-order valence-electron chi connectivity index (χ0n) is 19.4. The van der Waals surface area contributed by atoms with Crippen molar-refractivity contribution in [3.63, 3.8) is 0 Å². The molecule has 32 heavy (non-hydrogen) atoms. The van der Waals surface area contributed by atoms with E-state index < -0.39 is 14.3 Å². The van der Waals surface area contributed by atoms with Crippen LogP contribution < -0.4 is 10.6 Å². The van der Waals surface area contributed by atoms with E-state index in [-0.39, 0.29) is 15.1 Å². The van der Waals surface area contributed by atoms with Crippen molar-refractivity contribution in [3.8, 4) is 0 Å². The van der Waals surface area contributed by atoms with Crippen molar-refractivity contribution >= 4 is 40.0 Å². The fraction of sp³-hybridized carbons (Fsp3) is 0.357. The Kier molecular flexibility index (Phi) is 7.49. The molecule has 0 spiro atoms. The lowest BCUT2D eigenvalue weighted by atomic mass is 10.2. The molecule has 0 bridgehead atoms. The van der Waals surface area contributed by atoms with Gasteiger partial charge < -0.3 is 0 Å². The van der Waals surface area contributed by atoms with Gasteiger partial charge in [0.05, 0.1) is 10.6 Å². The zero-order chi connectivity index (χ0) is 23.6. The minimum absolute atomic E-state index is 0.191. The monoisotopic (exact) mass is 462 g/mol. The van der Waals surface area contributed by atoms with E-state index in [1.165, 1.54) is 12.3 Å². The maximum absolute atomic E-state index is 2.59. The molecule has 0 fully saturated rings. The molecule has 3 rings (SSSR count). The Hall–Kier alpha value is -1.35. The molecule has 3 aromatic rings. The van der Waals surface area contributed by atoms with Crippen LogP contribution in [0.3, 0.4) is 0 Å². The fourth-order valence-electron chi connectivity index (χ4n) is 3.84. The van der Waals surface area contributed by atoms with Crippen molar-refractivity contribution < 1.29 is 0 Å². The van der Waals surface area contributed by atoms with Crippen molar-refractivity contribution in [1.82, 2.24) is 0 Å². The second kappa shape index (κ2) is 9.49. The molecular weight excluding hydrogens is 420 g/mol. The van der Waals surface area contributed by atoms with Gasteiger partial charge in [-0.1, -0.05) is 54.6 Å². The summed E-state index contributed by atoms with van der Waals surface area (Å²) in [5.74, 6) is 0. The molecule has 0 saturated carbocycles. The molecule has 2 atom stereocenters. The molecule has 0 aliphatic heterocycles. The zero-order valence-corrected chi connectivity index (χ0v) is 21.2. The second-order valence-electron chi connectivity index (χ2n) is 10.0. The molecule has 0 radical (unpaired) electrons. The number of hydrogen-bond acceptors (Lipinski definition) is 0. The Morgan fingerprint density at radius 2 is 0.875 bits per heavy atom. The summed E-state index contributed by atoms with van der Waals surface area (Å²) >= 11 is 0. The molecule has 0 nitrogen and oxygen atoms in total. The van der Waals surface area contributed by atoms with Crippen molar-refractivity contribution in [2.75, 3.05) is 0 Å². The summed E-state index contributed by atoms with van der Waals surface area (Å²) in [6.45, 7) is 15.0. The van der Waals surface area contributed by atoms with Crippen molar-refractivity contribution in [2.45, 2.75) is 64.2 Å². The van der Waals surface area contributed by atoms with E-state index in [1.54, 1.807) is 21.7 Å². The smallest absolute Gasteiger partial charge is 0.116 e. The van der Waals surface area contributed by atoms with E-state index in [0.29, 0.717) is 10.3 Å². The van der Waals surface area contributed by atoms with Crippen LogP contribution in [0.15, 0.2) is 84.9 Å². The van der Waals surface area contributed by atoms with Gasteiger partial charge in [-0.05, 0) is 83.0 Å². The molecular formula is C28H42B2P2. The van der Waals surface area contributed by atoms with Gasteiger partial charge in [-0.3, -0.25) is 0 Å². The Balaban J connectivity index is 1.97. The van der Waals surface area contributed by atoms with Crippen LogP contribution >= 0.6 is 14.3 Å². The van der Waals surface area contributed by atoms with E-state index in [1.807, 2.05) is 0 Å². The largest absolute Gasteiger partial charge is 0.133 e. The van der Waals surface area contributed by atoms with Gasteiger partial charge in [-0.15, -0.1) is 14.3 Å². The SMILES string of the molecule is [BH3-][P+](Cc1cccc(C[P+]([BH3-])(c2ccccc2)C(C)(C)C)c1)(c1ccccc1)C(C)(C)C. The summed E-state index contributed by atoms with van der Waals surface area (Å²) in [4.78, 5) is 0. The van der Waals surface area contributed by atoms with Gasteiger partial charge in [0.1, 0.15) is 15.1 Å². The molecule has 0 aromatic heterocycles. The highest BCUT2D eigenvalue weighted by Gasteiger charge is 2.41. The third-order valence-corrected chi connectivity index (χ3v) is 11.9. The molecule has 0 N–H and O–H groups in total. The first kappa shape index (κ1) is 25.3. The van der Waals surface area contributed by atoms with Crippen LogP contribution in [-0.4, -0.2) is 25.4 Å². The maximum Gasteiger partial charge on any atom is 0.133 e. The molecule has 170 valence electrons. The van der Waals surface area contributed by atoms with E-state index in [0.717, 1.165) is 0 Å². The molecule has 2 unspecified atom stereocenters. The molecule has 0 aliphatic carbocycles. The highest BCUT2D eigenvalue weighted by atomic mass is 31.2. The van der Waals surface area contributed by atoms with Gasteiger partial charge in [0.15, 0.2) is 0 Å². The quantitative estimate of drug-likeness (QED) is 0.334. The molecule has 0 saturated heterocycles. The number of rotatable bonds is 6. The minimum atomic E-state index is -1.11. The van der Waals surface area contributed by atoms with Gasteiger partial charge in [-0.25, -0.2) is 0 Å². The van der Waals surface area contributed by atoms with Gasteiger partial charge >= 0.3 is 0 Å². The maximum atomic E-state index is 2.59. The van der Waals surface area contributed by atoms with Crippen LogP contribution in [0.25, 0.3) is 0 Å². The summed E-state index contributed by atoms with van der Waals surface area (Å²) in [6, 6.07) is 32.8. The first-order valence-corrected chi connectivity index (χ1v) is 13.9. The summed E-state index contributed by atoms with van der Waals surface area (Å²) in [7, 11) is -1.85. The third kappa shape index (κ3) is 5.24. The fourth-order valence-corrected chi connectivity index (χ4v) is 8.89. The summed E-state index contributed by atoms with van der Waals surface area (Å²) < 4.78 is 0. The molecule has 0 aliphatic rings. The molecule has 4 heteroatoms. The van der Waals surface area contributed by atoms with Crippen LogP contribution in [0.4, 0.5) is 0 Å². The number of benzene rings is 3. The lowest BCUT2D eigenvalue weighted by Crippen LogP contribution is -2.30. The summed E-state index contributed by atoms with van der Waals surface area (Å²) in [6.07, 6.45) is 2.58. The highest BCUT2D eigenvalue weighted by Crippen LogP contribution is 2.67. The van der Waals surface area contributed by atoms with E-state index >= 15 is 0 Å². The average Bonchev–Trinajstić information content (AvgIpc) is 2.73. The van der Waals surface area contributed by atoms with Crippen LogP contribution in [0.2, 0.25) is 0 Å². The first-order valence-electron chi connectivity index (χ1n) is 10.9. The third-order valence-electron chi connectivity index (χ3n) is 5.43. The second-order valence-corrected chi connectivity index (χ2v) is 16.1. The normalized spacial score (nSPS) is 16.2. The lowest BCUT2D eigenvalue weighted by molar-refractivity contribution is 0.780. The standard InChI is InChI=1S/C28H42B2P2/c1-27(2,3)31(29,25-16-9-7-10-17-25)21-23-14-13-15-24(20-23)22-32(30,28(4,5)6)26-18-11-8-12-19-26/h7-20H,21-22H2,1-6,29-30H3. The summed E-state index contributed by atoms with van der Waals surface area (Å²) in [5.41, 5.74) is 3.16. The highest BCUT2D eigenvalue weighted by molar-refractivity contribution is 8.04. The Morgan fingerprint density at radius 1 is 0.531 bits per heavy atom. The van der Waals surface area contributed by atoms with Crippen molar-refractivity contribution in [1.29, 1.82) is 0 Å². The molecule has 0 heterocycles. The first-order chi connectivity index (χ1) is 14.9. The van der Waals surface area contributed by atoms with Crippen LogP contribution in [-0.2, 0) is 12.3 Å². The predicted octanol–water partition coefficient (Wildman–Crippen LogP) is 5.53. The lowest BCUT2D eigenvalue weighted by Gasteiger charge is -2.43. The number of hydrogen-bond donors (Lipinski definition) is 0. The minimum Gasteiger partial charge on any atom is -0.116 e. The van der Waals surface area contributed by atoms with Gasteiger partial charge in [0.2, 0.25) is 0 Å². The van der Waals surface area contributed by atoms with E-state index in [2.05, 4.69) is 126 Å². The van der Waals surface area contributed by atoms with Crippen LogP contribution in [0, 0.1) is 0 Å². The van der Waals surface area contributed by atoms with Crippen molar-refractivity contribution in [3.05, 3.63) is 96.1 Å². The average molecular weight is 462 g/mol. The van der Waals surface area contributed by atoms with Crippen LogP contribution in [0.1, 0.15) is 52.7 Å². The molecule has 3 aromatic carbocycles.